The van der Waals surface area contributed by atoms with E-state index in [4.69, 9.17) is 11.6 Å². The summed E-state index contributed by atoms with van der Waals surface area (Å²) in [5.74, 6) is -0.749. The summed E-state index contributed by atoms with van der Waals surface area (Å²) in [6.45, 7) is 2.06. The molecule has 0 aliphatic carbocycles. The Bertz CT molecular complexity index is 440. The third kappa shape index (κ3) is 4.00. The number of imide groups is 1. The SMILES string of the molecule is CCN(C(=O)NC(=O)CCCl)c1cccc(F)c1. The Labute approximate surface area is 110 Å². The quantitative estimate of drug-likeness (QED) is 0.856. The van der Waals surface area contributed by atoms with E-state index in [1.165, 1.54) is 23.1 Å². The van der Waals surface area contributed by atoms with Crippen LogP contribution in [0.2, 0.25) is 0 Å². The number of halogens is 2. The van der Waals surface area contributed by atoms with Crippen molar-refractivity contribution >= 4 is 29.2 Å². The van der Waals surface area contributed by atoms with Crippen molar-refractivity contribution in [3.05, 3.63) is 30.1 Å². The average Bonchev–Trinajstić information content (AvgIpc) is 2.30. The largest absolute Gasteiger partial charge is 0.328 e. The molecule has 1 N–H and O–H groups in total. The zero-order valence-electron chi connectivity index (χ0n) is 9.95. The summed E-state index contributed by atoms with van der Waals surface area (Å²) in [6.07, 6.45) is 0.0635. The Kier molecular flexibility index (Phi) is 5.58. The van der Waals surface area contributed by atoms with E-state index < -0.39 is 17.8 Å². The van der Waals surface area contributed by atoms with Gasteiger partial charge in [0.15, 0.2) is 0 Å². The maximum Gasteiger partial charge on any atom is 0.328 e. The molecule has 1 aromatic rings. The fraction of sp³-hybridized carbons (Fsp3) is 0.333. The summed E-state index contributed by atoms with van der Waals surface area (Å²) < 4.78 is 13.1. The second-order valence-corrected chi connectivity index (χ2v) is 3.89. The molecule has 0 aliphatic heterocycles. The Balaban J connectivity index is 2.77. The van der Waals surface area contributed by atoms with E-state index in [9.17, 15) is 14.0 Å². The zero-order valence-corrected chi connectivity index (χ0v) is 10.7. The van der Waals surface area contributed by atoms with Crippen LogP contribution in [0.15, 0.2) is 24.3 Å². The maximum absolute atomic E-state index is 13.1. The predicted molar refractivity (Wildman–Crippen MR) is 68.3 cm³/mol. The van der Waals surface area contributed by atoms with Crippen molar-refractivity contribution in [1.29, 1.82) is 0 Å². The van der Waals surface area contributed by atoms with E-state index in [0.29, 0.717) is 12.2 Å². The van der Waals surface area contributed by atoms with E-state index in [2.05, 4.69) is 5.32 Å². The molecule has 3 amide bonds. The van der Waals surface area contributed by atoms with Gasteiger partial charge in [0, 0.05) is 24.5 Å². The number of hydrogen-bond donors (Lipinski definition) is 1. The summed E-state index contributed by atoms with van der Waals surface area (Å²) in [4.78, 5) is 24.3. The fourth-order valence-electron chi connectivity index (χ4n) is 1.42. The highest BCUT2D eigenvalue weighted by Gasteiger charge is 2.16. The highest BCUT2D eigenvalue weighted by molar-refractivity contribution is 6.19. The molecule has 18 heavy (non-hydrogen) atoms. The number of hydrogen-bond acceptors (Lipinski definition) is 2. The van der Waals surface area contributed by atoms with Crippen LogP contribution in [-0.2, 0) is 4.79 Å². The summed E-state index contributed by atoms with van der Waals surface area (Å²) in [5.41, 5.74) is 0.397. The first-order valence-corrected chi connectivity index (χ1v) is 6.04. The van der Waals surface area contributed by atoms with Gasteiger partial charge in [-0.3, -0.25) is 15.0 Å². The summed E-state index contributed by atoms with van der Waals surface area (Å²) in [5, 5.41) is 2.19. The molecule has 0 aliphatic rings. The van der Waals surface area contributed by atoms with Gasteiger partial charge in [-0.2, -0.15) is 0 Å². The molecule has 0 fully saturated rings. The molecular weight excluding hydrogens is 259 g/mol. The zero-order chi connectivity index (χ0) is 13.5. The van der Waals surface area contributed by atoms with Crippen LogP contribution in [0.5, 0.6) is 0 Å². The van der Waals surface area contributed by atoms with Gasteiger partial charge in [0.25, 0.3) is 0 Å². The summed E-state index contributed by atoms with van der Waals surface area (Å²) in [6, 6.07) is 5.03. The third-order valence-corrected chi connectivity index (χ3v) is 2.44. The number of anilines is 1. The number of nitrogens with zero attached hydrogens (tertiary/aromatic N) is 1. The first-order chi connectivity index (χ1) is 8.58. The van der Waals surface area contributed by atoms with Crippen molar-refractivity contribution in [3.63, 3.8) is 0 Å². The first-order valence-electron chi connectivity index (χ1n) is 5.51. The van der Waals surface area contributed by atoms with Gasteiger partial charge < -0.3 is 0 Å². The number of carbonyl (C=O) groups excluding carboxylic acids is 2. The van der Waals surface area contributed by atoms with Crippen molar-refractivity contribution in [2.24, 2.45) is 0 Å². The van der Waals surface area contributed by atoms with Crippen molar-refractivity contribution in [3.8, 4) is 0 Å². The molecule has 0 saturated heterocycles. The first kappa shape index (κ1) is 14.4. The van der Waals surface area contributed by atoms with Crippen LogP contribution in [-0.4, -0.2) is 24.4 Å². The Hall–Kier alpha value is -1.62. The lowest BCUT2D eigenvalue weighted by atomic mass is 10.3. The van der Waals surface area contributed by atoms with Gasteiger partial charge in [-0.15, -0.1) is 11.6 Å². The van der Waals surface area contributed by atoms with Crippen LogP contribution < -0.4 is 10.2 Å². The molecule has 6 heteroatoms. The maximum atomic E-state index is 13.1. The molecule has 0 spiro atoms. The van der Waals surface area contributed by atoms with Crippen LogP contribution in [0.25, 0.3) is 0 Å². The van der Waals surface area contributed by atoms with E-state index in [0.717, 1.165) is 0 Å². The molecule has 1 rings (SSSR count). The molecule has 0 aromatic heterocycles. The van der Waals surface area contributed by atoms with Crippen molar-refractivity contribution < 1.29 is 14.0 Å². The van der Waals surface area contributed by atoms with Gasteiger partial charge in [-0.05, 0) is 25.1 Å². The van der Waals surface area contributed by atoms with E-state index in [1.807, 2.05) is 0 Å². The second kappa shape index (κ2) is 6.96. The molecule has 0 unspecified atom stereocenters. The fourth-order valence-corrected chi connectivity index (χ4v) is 1.59. The van der Waals surface area contributed by atoms with Gasteiger partial charge >= 0.3 is 6.03 Å². The van der Waals surface area contributed by atoms with Gasteiger partial charge in [0.1, 0.15) is 5.82 Å². The predicted octanol–water partition coefficient (Wildman–Crippen LogP) is 2.52. The molecule has 1 aromatic carbocycles. The van der Waals surface area contributed by atoms with Gasteiger partial charge in [-0.1, -0.05) is 6.07 Å². The number of amides is 3. The van der Waals surface area contributed by atoms with Gasteiger partial charge in [0.2, 0.25) is 5.91 Å². The summed E-state index contributed by atoms with van der Waals surface area (Å²) >= 11 is 5.40. The van der Waals surface area contributed by atoms with Crippen molar-refractivity contribution in [2.75, 3.05) is 17.3 Å². The van der Waals surface area contributed by atoms with Crippen LogP contribution in [0.1, 0.15) is 13.3 Å². The molecule has 4 nitrogen and oxygen atoms in total. The van der Waals surface area contributed by atoms with Gasteiger partial charge in [-0.25, -0.2) is 9.18 Å². The molecular formula is C12H14ClFN2O2. The molecule has 98 valence electrons. The number of urea groups is 1. The standard InChI is InChI=1S/C12H14ClFN2O2/c1-2-16(10-5-3-4-9(14)8-10)12(18)15-11(17)6-7-13/h3-5,8H,2,6-7H2,1H3,(H,15,17,18). The Morgan fingerprint density at radius 2 is 2.17 bits per heavy atom. The van der Waals surface area contributed by atoms with Gasteiger partial charge in [0.05, 0.1) is 0 Å². The second-order valence-electron chi connectivity index (χ2n) is 3.52. The monoisotopic (exact) mass is 272 g/mol. The number of alkyl halides is 1. The minimum Gasteiger partial charge on any atom is -0.294 e. The van der Waals surface area contributed by atoms with E-state index in [-0.39, 0.29) is 12.3 Å². The topological polar surface area (TPSA) is 49.4 Å². The van der Waals surface area contributed by atoms with Crippen LogP contribution >= 0.6 is 11.6 Å². The van der Waals surface area contributed by atoms with Crippen molar-refractivity contribution in [1.82, 2.24) is 5.32 Å². The summed E-state index contributed by atoms with van der Waals surface area (Å²) in [7, 11) is 0. The smallest absolute Gasteiger partial charge is 0.294 e. The van der Waals surface area contributed by atoms with Crippen LogP contribution in [0, 0.1) is 5.82 Å². The van der Waals surface area contributed by atoms with Crippen LogP contribution in [0.3, 0.4) is 0 Å². The molecule has 0 atom stereocenters. The Morgan fingerprint density at radius 3 is 2.72 bits per heavy atom. The lowest BCUT2D eigenvalue weighted by Crippen LogP contribution is -2.43. The molecule has 0 saturated carbocycles. The van der Waals surface area contributed by atoms with E-state index >= 15 is 0 Å². The lowest BCUT2D eigenvalue weighted by Gasteiger charge is -2.20. The molecule has 0 bridgehead atoms. The normalized spacial score (nSPS) is 9.94. The minimum absolute atomic E-state index is 0.0635. The third-order valence-electron chi connectivity index (χ3n) is 2.25. The number of carbonyl (C=O) groups is 2. The number of nitrogens with one attached hydrogen (secondary N) is 1. The highest BCUT2D eigenvalue weighted by Crippen LogP contribution is 2.15. The lowest BCUT2D eigenvalue weighted by molar-refractivity contribution is -0.119. The number of rotatable bonds is 4. The van der Waals surface area contributed by atoms with E-state index in [1.54, 1.807) is 13.0 Å². The van der Waals surface area contributed by atoms with Crippen molar-refractivity contribution in [2.45, 2.75) is 13.3 Å². The molecule has 0 radical (unpaired) electrons. The minimum atomic E-state index is -0.585. The highest BCUT2D eigenvalue weighted by atomic mass is 35.5. The molecule has 0 heterocycles. The number of benzene rings is 1. The van der Waals surface area contributed by atoms with Crippen LogP contribution in [0.4, 0.5) is 14.9 Å². The average molecular weight is 273 g/mol. The Morgan fingerprint density at radius 1 is 1.44 bits per heavy atom.